The Morgan fingerprint density at radius 2 is 2.00 bits per heavy atom. The molecule has 0 aliphatic heterocycles. The smallest absolute Gasteiger partial charge is 0.191 e. The molecule has 2 N–H and O–H groups in total. The lowest BCUT2D eigenvalue weighted by molar-refractivity contribution is 0.336. The van der Waals surface area contributed by atoms with Gasteiger partial charge in [0.15, 0.2) is 5.96 Å². The summed E-state index contributed by atoms with van der Waals surface area (Å²) in [5.41, 5.74) is 1.13. The Labute approximate surface area is 103 Å². The first kappa shape index (κ1) is 13.4. The number of benzene rings is 1. The maximum absolute atomic E-state index is 5.56. The number of hydrogen-bond donors (Lipinski definition) is 2. The highest BCUT2D eigenvalue weighted by Gasteiger charge is 2.02. The van der Waals surface area contributed by atoms with Gasteiger partial charge in [-0.2, -0.15) is 0 Å². The van der Waals surface area contributed by atoms with E-state index in [0.29, 0.717) is 13.2 Å². The van der Waals surface area contributed by atoms with Gasteiger partial charge in [-0.3, -0.25) is 4.99 Å². The molecule has 0 bridgehead atoms. The van der Waals surface area contributed by atoms with Gasteiger partial charge in [0.2, 0.25) is 0 Å². The molecule has 4 heteroatoms. The molecule has 0 saturated carbocycles. The van der Waals surface area contributed by atoms with Crippen molar-refractivity contribution in [2.75, 3.05) is 20.2 Å². The van der Waals surface area contributed by atoms with Crippen LogP contribution in [0.2, 0.25) is 0 Å². The number of aliphatic imine (C=N–C) groups is 1. The zero-order chi connectivity index (χ0) is 12.5. The lowest BCUT2D eigenvalue weighted by Crippen LogP contribution is -2.36. The average Bonchev–Trinajstić information content (AvgIpc) is 2.36. The van der Waals surface area contributed by atoms with E-state index in [2.05, 4.69) is 21.7 Å². The van der Waals surface area contributed by atoms with E-state index >= 15 is 0 Å². The van der Waals surface area contributed by atoms with E-state index in [0.717, 1.165) is 23.8 Å². The molecule has 0 saturated heterocycles. The maximum atomic E-state index is 5.56. The number of nitrogens with zero attached hydrogens (tertiary/aromatic N) is 1. The Morgan fingerprint density at radius 1 is 1.24 bits per heavy atom. The summed E-state index contributed by atoms with van der Waals surface area (Å²) in [5, 5.41) is 6.40. The normalized spacial score (nSPS) is 11.1. The van der Waals surface area contributed by atoms with Crippen molar-refractivity contribution in [2.24, 2.45) is 4.99 Å². The molecule has 4 nitrogen and oxygen atoms in total. The second kappa shape index (κ2) is 7.54. The molecule has 0 aromatic heterocycles. The first-order valence-electron chi connectivity index (χ1n) is 5.97. The predicted molar refractivity (Wildman–Crippen MR) is 71.5 cm³/mol. The molecule has 0 atom stereocenters. The zero-order valence-corrected chi connectivity index (χ0v) is 10.8. The molecule has 0 heterocycles. The van der Waals surface area contributed by atoms with E-state index in [1.54, 1.807) is 7.05 Å². The monoisotopic (exact) mass is 235 g/mol. The number of hydrogen-bond acceptors (Lipinski definition) is 2. The van der Waals surface area contributed by atoms with Crippen molar-refractivity contribution >= 4 is 5.96 Å². The average molecular weight is 235 g/mol. The SMILES string of the molecule is CCNC(=NC)NCc1ccccc1OCC. The summed E-state index contributed by atoms with van der Waals surface area (Å²) >= 11 is 0. The Bertz CT molecular complexity index is 363. The fourth-order valence-electron chi connectivity index (χ4n) is 1.51. The number of rotatable bonds is 5. The van der Waals surface area contributed by atoms with Gasteiger partial charge in [0.25, 0.3) is 0 Å². The van der Waals surface area contributed by atoms with Crippen LogP contribution in [0.4, 0.5) is 0 Å². The molecule has 1 aromatic carbocycles. The minimum atomic E-state index is 0.680. The van der Waals surface area contributed by atoms with Crippen LogP contribution in [-0.4, -0.2) is 26.2 Å². The summed E-state index contributed by atoms with van der Waals surface area (Å²) in [6.45, 7) is 6.27. The van der Waals surface area contributed by atoms with Crippen molar-refractivity contribution in [3.8, 4) is 5.75 Å². The van der Waals surface area contributed by atoms with E-state index in [-0.39, 0.29) is 0 Å². The summed E-state index contributed by atoms with van der Waals surface area (Å²) < 4.78 is 5.56. The van der Waals surface area contributed by atoms with Crippen LogP contribution in [0.5, 0.6) is 5.75 Å². The van der Waals surface area contributed by atoms with Crippen molar-refractivity contribution in [1.82, 2.24) is 10.6 Å². The summed E-state index contributed by atoms with van der Waals surface area (Å²) in [5.74, 6) is 1.73. The van der Waals surface area contributed by atoms with Crippen LogP contribution in [0.3, 0.4) is 0 Å². The van der Waals surface area contributed by atoms with Crippen molar-refractivity contribution < 1.29 is 4.74 Å². The van der Waals surface area contributed by atoms with Gasteiger partial charge in [0.05, 0.1) is 6.61 Å². The molecule has 0 aliphatic rings. The quantitative estimate of drug-likeness (QED) is 0.604. The van der Waals surface area contributed by atoms with Crippen LogP contribution >= 0.6 is 0 Å². The van der Waals surface area contributed by atoms with Gasteiger partial charge < -0.3 is 15.4 Å². The molecule has 17 heavy (non-hydrogen) atoms. The molecule has 94 valence electrons. The van der Waals surface area contributed by atoms with E-state index in [4.69, 9.17) is 4.74 Å². The van der Waals surface area contributed by atoms with E-state index < -0.39 is 0 Å². The number of para-hydroxylation sites is 1. The highest BCUT2D eigenvalue weighted by Crippen LogP contribution is 2.17. The topological polar surface area (TPSA) is 45.7 Å². The van der Waals surface area contributed by atoms with Crippen LogP contribution < -0.4 is 15.4 Å². The summed E-state index contributed by atoms with van der Waals surface area (Å²) in [7, 11) is 1.76. The second-order valence-electron chi connectivity index (χ2n) is 3.50. The fourth-order valence-corrected chi connectivity index (χ4v) is 1.51. The van der Waals surface area contributed by atoms with Gasteiger partial charge in [-0.1, -0.05) is 18.2 Å². The summed E-state index contributed by atoms with van der Waals surface area (Å²) in [4.78, 5) is 4.12. The van der Waals surface area contributed by atoms with E-state index in [9.17, 15) is 0 Å². The highest BCUT2D eigenvalue weighted by molar-refractivity contribution is 5.79. The van der Waals surface area contributed by atoms with Crippen molar-refractivity contribution in [1.29, 1.82) is 0 Å². The van der Waals surface area contributed by atoms with Crippen LogP contribution in [-0.2, 0) is 6.54 Å². The first-order valence-corrected chi connectivity index (χ1v) is 5.97. The third kappa shape index (κ3) is 4.34. The second-order valence-corrected chi connectivity index (χ2v) is 3.50. The third-order valence-electron chi connectivity index (χ3n) is 2.29. The Kier molecular flexibility index (Phi) is 5.93. The number of nitrogens with one attached hydrogen (secondary N) is 2. The molecule has 1 rings (SSSR count). The first-order chi connectivity index (χ1) is 8.31. The maximum Gasteiger partial charge on any atom is 0.191 e. The molecule has 0 aliphatic carbocycles. The summed E-state index contributed by atoms with van der Waals surface area (Å²) in [6.07, 6.45) is 0. The van der Waals surface area contributed by atoms with Gasteiger partial charge >= 0.3 is 0 Å². The van der Waals surface area contributed by atoms with E-state index in [1.165, 1.54) is 0 Å². The minimum Gasteiger partial charge on any atom is -0.494 e. The number of ether oxygens (including phenoxy) is 1. The Balaban J connectivity index is 2.61. The molecule has 0 fully saturated rings. The van der Waals surface area contributed by atoms with Crippen molar-refractivity contribution in [2.45, 2.75) is 20.4 Å². The molecule has 0 amide bonds. The highest BCUT2D eigenvalue weighted by atomic mass is 16.5. The minimum absolute atomic E-state index is 0.680. The predicted octanol–water partition coefficient (Wildman–Crippen LogP) is 1.77. The number of guanidine groups is 1. The Hall–Kier alpha value is -1.71. The molecule has 0 unspecified atom stereocenters. The zero-order valence-electron chi connectivity index (χ0n) is 10.8. The molecule has 1 aromatic rings. The lowest BCUT2D eigenvalue weighted by Gasteiger charge is -2.13. The summed E-state index contributed by atoms with van der Waals surface area (Å²) in [6, 6.07) is 8.02. The van der Waals surface area contributed by atoms with Crippen molar-refractivity contribution in [3.05, 3.63) is 29.8 Å². The van der Waals surface area contributed by atoms with Crippen LogP contribution in [0.15, 0.2) is 29.3 Å². The van der Waals surface area contributed by atoms with Gasteiger partial charge in [0, 0.05) is 25.7 Å². The van der Waals surface area contributed by atoms with Gasteiger partial charge in [0.1, 0.15) is 5.75 Å². The lowest BCUT2D eigenvalue weighted by atomic mass is 10.2. The van der Waals surface area contributed by atoms with E-state index in [1.807, 2.05) is 32.0 Å². The van der Waals surface area contributed by atoms with Gasteiger partial charge in [-0.15, -0.1) is 0 Å². The van der Waals surface area contributed by atoms with Gasteiger partial charge in [-0.25, -0.2) is 0 Å². The third-order valence-corrected chi connectivity index (χ3v) is 2.29. The standard InChI is InChI=1S/C13H21N3O/c1-4-15-13(14-3)16-10-11-8-6-7-9-12(11)17-5-2/h6-9H,4-5,10H2,1-3H3,(H2,14,15,16). The fraction of sp³-hybridized carbons (Fsp3) is 0.462. The largest absolute Gasteiger partial charge is 0.494 e. The van der Waals surface area contributed by atoms with Crippen LogP contribution in [0.1, 0.15) is 19.4 Å². The molecule has 0 spiro atoms. The van der Waals surface area contributed by atoms with Crippen LogP contribution in [0.25, 0.3) is 0 Å². The molecular weight excluding hydrogens is 214 g/mol. The molecule has 0 radical (unpaired) electrons. The molecular formula is C13H21N3O. The Morgan fingerprint density at radius 3 is 2.65 bits per heavy atom. The van der Waals surface area contributed by atoms with Crippen LogP contribution in [0, 0.1) is 0 Å². The van der Waals surface area contributed by atoms with Gasteiger partial charge in [-0.05, 0) is 19.9 Å². The van der Waals surface area contributed by atoms with Crippen molar-refractivity contribution in [3.63, 3.8) is 0 Å².